The quantitative estimate of drug-likeness (QED) is 0.0659. The van der Waals surface area contributed by atoms with E-state index in [1.165, 1.54) is 20.8 Å². The molecule has 0 bridgehead atoms. The standard InChI is InChI=1S/C44H39F16NO4/c1-28(2)21-23-37(34(62)65-36(3,4)5,26-31-17-19-33(20-18-31)39(47,48)49)61(25-9-12-29-10-7-6-8-11-29)35(63)64-27-32-15-13-30(14-16-32)22-24-38(45,46)40(50,51)41(52,53)42(54,55)43(56,57)44(58,59)60/h6-8,10-11,13-20,23H,22,24-27H2,1-5H3. The summed E-state index contributed by atoms with van der Waals surface area (Å²) < 4.78 is 228. The minimum atomic E-state index is -8.02. The molecule has 0 fully saturated rings. The van der Waals surface area contributed by atoms with Gasteiger partial charge in [-0.25, -0.2) is 9.59 Å². The maximum Gasteiger partial charge on any atom is 0.460 e. The Labute approximate surface area is 362 Å². The molecule has 1 atom stereocenters. The summed E-state index contributed by atoms with van der Waals surface area (Å²) in [6, 6.07) is 15.7. The van der Waals surface area contributed by atoms with Crippen molar-refractivity contribution in [3.63, 3.8) is 0 Å². The van der Waals surface area contributed by atoms with Crippen molar-refractivity contribution in [1.29, 1.82) is 0 Å². The van der Waals surface area contributed by atoms with Crippen molar-refractivity contribution in [2.24, 2.45) is 0 Å². The summed E-state index contributed by atoms with van der Waals surface area (Å²) in [7, 11) is 0. The number of benzene rings is 3. The zero-order chi connectivity index (χ0) is 49.7. The van der Waals surface area contributed by atoms with E-state index in [9.17, 15) is 79.8 Å². The fourth-order valence-electron chi connectivity index (χ4n) is 5.61. The zero-order valence-electron chi connectivity index (χ0n) is 34.7. The van der Waals surface area contributed by atoms with Crippen molar-refractivity contribution in [3.8, 4) is 11.8 Å². The number of alkyl halides is 16. The monoisotopic (exact) mass is 949 g/mol. The maximum absolute atomic E-state index is 14.4. The van der Waals surface area contributed by atoms with Crippen LogP contribution in [-0.4, -0.2) is 70.4 Å². The average Bonchev–Trinajstić information content (AvgIpc) is 3.18. The molecule has 0 aliphatic rings. The third-order valence-electron chi connectivity index (χ3n) is 9.16. The van der Waals surface area contributed by atoms with E-state index < -0.39 is 109 Å². The molecule has 0 saturated heterocycles. The maximum atomic E-state index is 14.4. The molecular weight excluding hydrogens is 910 g/mol. The summed E-state index contributed by atoms with van der Waals surface area (Å²) >= 11 is 0. The minimum absolute atomic E-state index is 0.000477. The van der Waals surface area contributed by atoms with Crippen LogP contribution in [0.4, 0.5) is 75.0 Å². The van der Waals surface area contributed by atoms with Crippen LogP contribution in [0.2, 0.25) is 0 Å². The number of hydrogen-bond acceptors (Lipinski definition) is 4. The van der Waals surface area contributed by atoms with Crippen LogP contribution in [-0.2, 0) is 39.9 Å². The Balaban J connectivity index is 2.01. The zero-order valence-corrected chi connectivity index (χ0v) is 34.7. The summed E-state index contributed by atoms with van der Waals surface area (Å²) in [6.07, 6.45) is -16.7. The van der Waals surface area contributed by atoms with E-state index in [1.807, 2.05) is 0 Å². The van der Waals surface area contributed by atoms with Crippen molar-refractivity contribution < 1.29 is 89.3 Å². The summed E-state index contributed by atoms with van der Waals surface area (Å²) in [5.41, 5.74) is -1.04. The highest BCUT2D eigenvalue weighted by molar-refractivity contribution is 5.89. The molecule has 0 aromatic heterocycles. The number of esters is 1. The van der Waals surface area contributed by atoms with E-state index in [0.29, 0.717) is 11.1 Å². The van der Waals surface area contributed by atoms with E-state index in [1.54, 1.807) is 44.2 Å². The minimum Gasteiger partial charge on any atom is -0.458 e. The second kappa shape index (κ2) is 19.4. The highest BCUT2D eigenvalue weighted by Crippen LogP contribution is 2.60. The Morgan fingerprint density at radius 2 is 1.15 bits per heavy atom. The van der Waals surface area contributed by atoms with Gasteiger partial charge in [0.1, 0.15) is 12.2 Å². The molecule has 1 amide bonds. The molecule has 356 valence electrons. The fraction of sp³-hybridized carbons (Fsp3) is 0.432. The molecule has 0 heterocycles. The van der Waals surface area contributed by atoms with Crippen LogP contribution in [0.15, 0.2) is 96.2 Å². The van der Waals surface area contributed by atoms with Gasteiger partial charge in [-0.05, 0) is 93.6 Å². The van der Waals surface area contributed by atoms with Gasteiger partial charge in [-0.3, -0.25) is 4.90 Å². The van der Waals surface area contributed by atoms with Crippen LogP contribution in [0.1, 0.15) is 68.9 Å². The van der Waals surface area contributed by atoms with Gasteiger partial charge in [0.25, 0.3) is 0 Å². The van der Waals surface area contributed by atoms with E-state index in [0.717, 1.165) is 59.5 Å². The van der Waals surface area contributed by atoms with Gasteiger partial charge in [0.15, 0.2) is 5.54 Å². The normalized spacial score (nSPS) is 14.0. The Kier molecular flexibility index (Phi) is 16.1. The van der Waals surface area contributed by atoms with Gasteiger partial charge in [0.2, 0.25) is 0 Å². The number of carbonyl (C=O) groups excluding carboxylic acids is 2. The van der Waals surface area contributed by atoms with Crippen molar-refractivity contribution in [1.82, 2.24) is 4.90 Å². The van der Waals surface area contributed by atoms with E-state index in [4.69, 9.17) is 9.47 Å². The number of aryl methyl sites for hydroxylation is 1. The smallest absolute Gasteiger partial charge is 0.458 e. The number of rotatable bonds is 15. The topological polar surface area (TPSA) is 55.8 Å². The van der Waals surface area contributed by atoms with Crippen molar-refractivity contribution >= 4 is 12.1 Å². The number of amides is 1. The molecule has 0 aliphatic heterocycles. The van der Waals surface area contributed by atoms with Crippen LogP contribution in [0, 0.1) is 11.8 Å². The lowest BCUT2D eigenvalue weighted by atomic mass is 9.87. The van der Waals surface area contributed by atoms with Crippen LogP contribution in [0.3, 0.4) is 0 Å². The second-order valence-electron chi connectivity index (χ2n) is 15.7. The number of ether oxygens (including phenoxy) is 2. The molecule has 0 N–H and O–H groups in total. The van der Waals surface area contributed by atoms with E-state index >= 15 is 0 Å². The summed E-state index contributed by atoms with van der Waals surface area (Å²) in [5, 5.41) is 0. The first-order valence-electron chi connectivity index (χ1n) is 18.8. The predicted molar refractivity (Wildman–Crippen MR) is 202 cm³/mol. The van der Waals surface area contributed by atoms with Gasteiger partial charge in [0.05, 0.1) is 12.1 Å². The molecule has 0 saturated carbocycles. The molecule has 1 unspecified atom stereocenters. The van der Waals surface area contributed by atoms with E-state index in [2.05, 4.69) is 17.6 Å². The Bertz CT molecular complexity index is 2240. The SMILES string of the molecule is CC(C)=C=CC(Cc1ccc(C(F)(F)F)cc1)(C(=O)OC(C)(C)C)N(CC#Cc1ccccc1)C(=O)OCc1ccc(CCC(F)(F)C(F)(F)C(F)(F)C(F)(F)C(F)(F)C(F)(F)F)cc1. The van der Waals surface area contributed by atoms with Crippen LogP contribution in [0.5, 0.6) is 0 Å². The summed E-state index contributed by atoms with van der Waals surface area (Å²) in [6.45, 7) is 6.33. The molecule has 21 heteroatoms. The molecular formula is C44H39F16NO4. The van der Waals surface area contributed by atoms with Gasteiger partial charge in [-0.1, -0.05) is 66.4 Å². The lowest BCUT2D eigenvalue weighted by Gasteiger charge is -2.39. The van der Waals surface area contributed by atoms with Crippen molar-refractivity contribution in [2.45, 2.75) is 114 Å². The highest BCUT2D eigenvalue weighted by Gasteiger charge is 2.90. The Hall–Kier alpha value is -5.64. The Morgan fingerprint density at radius 1 is 0.646 bits per heavy atom. The number of carbonyl (C=O) groups is 2. The third kappa shape index (κ3) is 12.4. The predicted octanol–water partition coefficient (Wildman–Crippen LogP) is 12.8. The number of nitrogens with zero attached hydrogens (tertiary/aromatic N) is 1. The first-order valence-corrected chi connectivity index (χ1v) is 18.8. The van der Waals surface area contributed by atoms with Gasteiger partial charge in [-0.2, -0.15) is 70.2 Å². The van der Waals surface area contributed by atoms with Crippen LogP contribution < -0.4 is 0 Å². The third-order valence-corrected chi connectivity index (χ3v) is 9.16. The molecule has 0 aliphatic carbocycles. The van der Waals surface area contributed by atoms with Gasteiger partial charge in [0, 0.05) is 18.4 Å². The molecule has 0 spiro atoms. The van der Waals surface area contributed by atoms with Crippen molar-refractivity contribution in [2.75, 3.05) is 6.54 Å². The summed E-state index contributed by atoms with van der Waals surface area (Å²) in [4.78, 5) is 29.4. The largest absolute Gasteiger partial charge is 0.460 e. The molecule has 5 nitrogen and oxygen atoms in total. The first-order chi connectivity index (χ1) is 29.5. The number of halogens is 16. The van der Waals surface area contributed by atoms with Crippen LogP contribution in [0.25, 0.3) is 0 Å². The van der Waals surface area contributed by atoms with Crippen LogP contribution >= 0.6 is 0 Å². The Morgan fingerprint density at radius 3 is 1.65 bits per heavy atom. The van der Waals surface area contributed by atoms with E-state index in [-0.39, 0.29) is 11.1 Å². The first kappa shape index (κ1) is 53.7. The van der Waals surface area contributed by atoms with Gasteiger partial charge in [-0.15, -0.1) is 5.73 Å². The van der Waals surface area contributed by atoms with Crippen molar-refractivity contribution in [3.05, 3.63) is 124 Å². The molecule has 3 aromatic rings. The lowest BCUT2D eigenvalue weighted by Crippen LogP contribution is -2.70. The summed E-state index contributed by atoms with van der Waals surface area (Å²) in [5.74, 6) is -33.0. The molecule has 0 radical (unpaired) electrons. The number of hydrogen-bond donors (Lipinski definition) is 0. The molecule has 65 heavy (non-hydrogen) atoms. The average molecular weight is 950 g/mol. The lowest BCUT2D eigenvalue weighted by molar-refractivity contribution is -0.440. The molecule has 3 aromatic carbocycles. The fourth-order valence-corrected chi connectivity index (χ4v) is 5.61. The van der Waals surface area contributed by atoms with Gasteiger partial charge >= 0.3 is 54.0 Å². The second-order valence-corrected chi connectivity index (χ2v) is 15.7. The highest BCUT2D eigenvalue weighted by atomic mass is 19.4. The van der Waals surface area contributed by atoms with Gasteiger partial charge < -0.3 is 9.47 Å². The molecule has 3 rings (SSSR count).